The van der Waals surface area contributed by atoms with Crippen LogP contribution in [0.1, 0.15) is 32.0 Å². The molecule has 1 aromatic rings. The van der Waals surface area contributed by atoms with Crippen LogP contribution in [0.5, 0.6) is 0 Å². The average molecular weight is 179 g/mol. The van der Waals surface area contributed by atoms with Gasteiger partial charge in [0.15, 0.2) is 0 Å². The Kier molecular flexibility index (Phi) is 2.88. The zero-order chi connectivity index (χ0) is 9.90. The van der Waals surface area contributed by atoms with Gasteiger partial charge in [-0.25, -0.2) is 0 Å². The first kappa shape index (κ1) is 9.99. The lowest BCUT2D eigenvalue weighted by molar-refractivity contribution is 0.566. The fourth-order valence-electron chi connectivity index (χ4n) is 1.22. The highest BCUT2D eigenvalue weighted by atomic mass is 15.1. The third-order valence-electron chi connectivity index (χ3n) is 1.85. The van der Waals surface area contributed by atoms with E-state index in [0.717, 1.165) is 11.3 Å². The molecular formula is C10H17N3. The molecule has 0 aliphatic heterocycles. The van der Waals surface area contributed by atoms with Crippen LogP contribution in [-0.2, 0) is 5.41 Å². The van der Waals surface area contributed by atoms with Crippen molar-refractivity contribution in [2.75, 3.05) is 6.54 Å². The summed E-state index contributed by atoms with van der Waals surface area (Å²) in [6.07, 6.45) is 5.76. The van der Waals surface area contributed by atoms with Crippen LogP contribution in [0, 0.1) is 0 Å². The van der Waals surface area contributed by atoms with Crippen molar-refractivity contribution in [2.24, 2.45) is 5.73 Å². The number of aromatic nitrogens is 2. The fourth-order valence-corrected chi connectivity index (χ4v) is 1.22. The molecule has 3 nitrogen and oxygen atoms in total. The predicted octanol–water partition coefficient (Wildman–Crippen LogP) is 1.68. The average Bonchev–Trinajstić information content (AvgIpc) is 2.47. The normalized spacial score (nSPS) is 12.6. The molecule has 0 amide bonds. The molecule has 72 valence electrons. The van der Waals surface area contributed by atoms with Crippen molar-refractivity contribution >= 4 is 6.08 Å². The van der Waals surface area contributed by atoms with Gasteiger partial charge in [0.1, 0.15) is 0 Å². The zero-order valence-electron chi connectivity index (χ0n) is 8.46. The van der Waals surface area contributed by atoms with E-state index in [1.54, 1.807) is 0 Å². The first-order valence-electron chi connectivity index (χ1n) is 4.46. The maximum atomic E-state index is 5.39. The van der Waals surface area contributed by atoms with Gasteiger partial charge in [0.2, 0.25) is 0 Å². The monoisotopic (exact) mass is 179 g/mol. The van der Waals surface area contributed by atoms with E-state index >= 15 is 0 Å². The van der Waals surface area contributed by atoms with Crippen molar-refractivity contribution in [3.8, 4) is 0 Å². The van der Waals surface area contributed by atoms with Crippen LogP contribution in [0.15, 0.2) is 12.3 Å². The molecule has 1 rings (SSSR count). The molecule has 3 heteroatoms. The van der Waals surface area contributed by atoms with E-state index in [9.17, 15) is 0 Å². The van der Waals surface area contributed by atoms with E-state index in [0.29, 0.717) is 6.54 Å². The van der Waals surface area contributed by atoms with E-state index in [1.165, 1.54) is 0 Å². The molecule has 0 unspecified atom stereocenters. The summed E-state index contributed by atoms with van der Waals surface area (Å²) >= 11 is 0. The maximum Gasteiger partial charge on any atom is 0.0562 e. The molecule has 0 aliphatic carbocycles. The molecule has 0 radical (unpaired) electrons. The van der Waals surface area contributed by atoms with Gasteiger partial charge in [0, 0.05) is 23.2 Å². The lowest BCUT2D eigenvalue weighted by Gasteiger charge is -2.17. The Morgan fingerprint density at radius 2 is 2.23 bits per heavy atom. The van der Waals surface area contributed by atoms with Crippen LogP contribution >= 0.6 is 0 Å². The molecule has 0 aromatic carbocycles. The van der Waals surface area contributed by atoms with E-state index in [2.05, 4.69) is 31.0 Å². The maximum absolute atomic E-state index is 5.39. The Hall–Kier alpha value is -1.09. The summed E-state index contributed by atoms with van der Waals surface area (Å²) in [6, 6.07) is 0. The first-order valence-corrected chi connectivity index (χ1v) is 4.46. The van der Waals surface area contributed by atoms with Crippen LogP contribution in [0.25, 0.3) is 6.08 Å². The molecule has 0 fully saturated rings. The molecule has 0 spiro atoms. The molecule has 3 N–H and O–H groups in total. The minimum absolute atomic E-state index is 0.102. The van der Waals surface area contributed by atoms with Crippen LogP contribution in [-0.4, -0.2) is 16.7 Å². The largest absolute Gasteiger partial charge is 0.327 e. The Morgan fingerprint density at radius 1 is 1.54 bits per heavy atom. The van der Waals surface area contributed by atoms with Crippen LogP contribution < -0.4 is 5.73 Å². The van der Waals surface area contributed by atoms with E-state index in [4.69, 9.17) is 5.73 Å². The Bertz CT molecular complexity index is 291. The van der Waals surface area contributed by atoms with E-state index in [-0.39, 0.29) is 5.41 Å². The van der Waals surface area contributed by atoms with Gasteiger partial charge in [-0.2, -0.15) is 5.10 Å². The molecule has 0 bridgehead atoms. The van der Waals surface area contributed by atoms with Gasteiger partial charge < -0.3 is 5.73 Å². The second-order valence-electron chi connectivity index (χ2n) is 4.09. The number of nitrogens with two attached hydrogens (primary N) is 1. The second-order valence-corrected chi connectivity index (χ2v) is 4.09. The number of H-pyrrole nitrogens is 1. The van der Waals surface area contributed by atoms with Crippen molar-refractivity contribution < 1.29 is 0 Å². The quantitative estimate of drug-likeness (QED) is 0.725. The number of nitrogens with one attached hydrogen (secondary N) is 1. The second kappa shape index (κ2) is 3.75. The van der Waals surface area contributed by atoms with Gasteiger partial charge in [-0.3, -0.25) is 5.10 Å². The molecule has 1 heterocycles. The Labute approximate surface area is 79.0 Å². The standard InChI is InChI=1S/C10H17N3/c1-10(2,3)9-8(5-4-6-11)7-12-13-9/h4-5,7H,6,11H2,1-3H3,(H,12,13)/b5-4+. The highest BCUT2D eigenvalue weighted by molar-refractivity contribution is 5.52. The van der Waals surface area contributed by atoms with Gasteiger partial charge >= 0.3 is 0 Å². The minimum Gasteiger partial charge on any atom is -0.327 e. The summed E-state index contributed by atoms with van der Waals surface area (Å²) in [5, 5.41) is 7.04. The minimum atomic E-state index is 0.102. The van der Waals surface area contributed by atoms with Gasteiger partial charge in [-0.05, 0) is 0 Å². The lowest BCUT2D eigenvalue weighted by Crippen LogP contribution is -2.13. The fraction of sp³-hybridized carbons (Fsp3) is 0.500. The predicted molar refractivity (Wildman–Crippen MR) is 55.4 cm³/mol. The van der Waals surface area contributed by atoms with E-state index in [1.807, 2.05) is 18.3 Å². The highest BCUT2D eigenvalue weighted by Crippen LogP contribution is 2.23. The third kappa shape index (κ3) is 2.42. The summed E-state index contributed by atoms with van der Waals surface area (Å²) in [5.74, 6) is 0. The zero-order valence-corrected chi connectivity index (χ0v) is 8.46. The first-order chi connectivity index (χ1) is 6.05. The van der Waals surface area contributed by atoms with Gasteiger partial charge in [0.05, 0.1) is 6.20 Å². The highest BCUT2D eigenvalue weighted by Gasteiger charge is 2.18. The molecule has 0 atom stereocenters. The Balaban J connectivity index is 2.96. The molecular weight excluding hydrogens is 162 g/mol. The number of hydrogen-bond acceptors (Lipinski definition) is 2. The number of nitrogens with zero attached hydrogens (tertiary/aromatic N) is 1. The van der Waals surface area contributed by atoms with Crippen LogP contribution in [0.2, 0.25) is 0 Å². The van der Waals surface area contributed by atoms with Crippen molar-refractivity contribution in [1.82, 2.24) is 10.2 Å². The van der Waals surface area contributed by atoms with Crippen molar-refractivity contribution in [1.29, 1.82) is 0 Å². The molecule has 13 heavy (non-hydrogen) atoms. The summed E-state index contributed by atoms with van der Waals surface area (Å²) < 4.78 is 0. The lowest BCUT2D eigenvalue weighted by atomic mass is 9.89. The van der Waals surface area contributed by atoms with Crippen LogP contribution in [0.4, 0.5) is 0 Å². The molecule has 0 saturated carbocycles. The Morgan fingerprint density at radius 3 is 2.77 bits per heavy atom. The third-order valence-corrected chi connectivity index (χ3v) is 1.85. The number of aromatic amines is 1. The van der Waals surface area contributed by atoms with Gasteiger partial charge in [-0.1, -0.05) is 32.9 Å². The molecule has 1 aromatic heterocycles. The summed E-state index contributed by atoms with van der Waals surface area (Å²) in [5.41, 5.74) is 7.76. The smallest absolute Gasteiger partial charge is 0.0562 e. The van der Waals surface area contributed by atoms with Crippen molar-refractivity contribution in [3.63, 3.8) is 0 Å². The topological polar surface area (TPSA) is 54.7 Å². The SMILES string of the molecule is CC(C)(C)c1[nH]ncc1/C=C/CN. The van der Waals surface area contributed by atoms with Gasteiger partial charge in [0.25, 0.3) is 0 Å². The summed E-state index contributed by atoms with van der Waals surface area (Å²) in [4.78, 5) is 0. The van der Waals surface area contributed by atoms with Gasteiger partial charge in [-0.15, -0.1) is 0 Å². The van der Waals surface area contributed by atoms with E-state index < -0.39 is 0 Å². The number of rotatable bonds is 2. The van der Waals surface area contributed by atoms with Crippen molar-refractivity contribution in [2.45, 2.75) is 26.2 Å². The van der Waals surface area contributed by atoms with Crippen molar-refractivity contribution in [3.05, 3.63) is 23.5 Å². The summed E-state index contributed by atoms with van der Waals surface area (Å²) in [6.45, 7) is 7.02. The van der Waals surface area contributed by atoms with Crippen LogP contribution in [0.3, 0.4) is 0 Å². The number of hydrogen-bond donors (Lipinski definition) is 2. The molecule has 0 aliphatic rings. The molecule has 0 saturated heterocycles. The summed E-state index contributed by atoms with van der Waals surface area (Å²) in [7, 11) is 0.